The molecule has 1 N–H and O–H groups in total. The SMILES string of the molecule is Cc1ccccc1CN(C)S(=O)(=O)c1c(C)csc1CO. The second kappa shape index (κ2) is 6.27. The zero-order valence-corrected chi connectivity index (χ0v) is 14.0. The maximum Gasteiger partial charge on any atom is 0.244 e. The van der Waals surface area contributed by atoms with Crippen LogP contribution in [-0.4, -0.2) is 24.9 Å². The monoisotopic (exact) mass is 325 g/mol. The van der Waals surface area contributed by atoms with E-state index in [4.69, 9.17) is 0 Å². The highest BCUT2D eigenvalue weighted by Crippen LogP contribution is 2.29. The number of rotatable bonds is 5. The van der Waals surface area contributed by atoms with Gasteiger partial charge >= 0.3 is 0 Å². The molecule has 0 unspecified atom stereocenters. The molecule has 0 aliphatic heterocycles. The number of thiophene rings is 1. The van der Waals surface area contributed by atoms with Crippen molar-refractivity contribution in [3.63, 3.8) is 0 Å². The average Bonchev–Trinajstić information content (AvgIpc) is 2.83. The molecule has 2 rings (SSSR count). The maximum atomic E-state index is 12.7. The van der Waals surface area contributed by atoms with Gasteiger partial charge in [0.25, 0.3) is 0 Å². The van der Waals surface area contributed by atoms with Gasteiger partial charge in [0.15, 0.2) is 0 Å². The Hall–Kier alpha value is -1.21. The highest BCUT2D eigenvalue weighted by Gasteiger charge is 2.27. The van der Waals surface area contributed by atoms with E-state index in [1.165, 1.54) is 15.6 Å². The van der Waals surface area contributed by atoms with Crippen LogP contribution in [0.1, 0.15) is 21.6 Å². The van der Waals surface area contributed by atoms with Crippen LogP contribution in [0.15, 0.2) is 34.5 Å². The first-order valence-electron chi connectivity index (χ1n) is 6.56. The van der Waals surface area contributed by atoms with Crippen LogP contribution in [0.4, 0.5) is 0 Å². The summed E-state index contributed by atoms with van der Waals surface area (Å²) in [6.07, 6.45) is 0. The lowest BCUT2D eigenvalue weighted by molar-refractivity contribution is 0.282. The molecule has 114 valence electrons. The highest BCUT2D eigenvalue weighted by atomic mass is 32.2. The van der Waals surface area contributed by atoms with Crippen molar-refractivity contribution < 1.29 is 13.5 Å². The van der Waals surface area contributed by atoms with Crippen LogP contribution in [0.5, 0.6) is 0 Å². The van der Waals surface area contributed by atoms with E-state index in [0.29, 0.717) is 17.0 Å². The highest BCUT2D eigenvalue weighted by molar-refractivity contribution is 7.89. The van der Waals surface area contributed by atoms with E-state index < -0.39 is 10.0 Å². The number of aliphatic hydroxyl groups excluding tert-OH is 1. The maximum absolute atomic E-state index is 12.7. The molecule has 0 atom stereocenters. The molecule has 0 fully saturated rings. The number of nitrogens with zero attached hydrogens (tertiary/aromatic N) is 1. The van der Waals surface area contributed by atoms with Gasteiger partial charge in [-0.05, 0) is 35.9 Å². The standard InChI is InChI=1S/C15H19NO3S2/c1-11-6-4-5-7-13(11)8-16(3)21(18,19)15-12(2)10-20-14(15)9-17/h4-7,10,17H,8-9H2,1-3H3. The summed E-state index contributed by atoms with van der Waals surface area (Å²) >= 11 is 1.27. The first kappa shape index (κ1) is 16.2. The van der Waals surface area contributed by atoms with Crippen LogP contribution in [-0.2, 0) is 23.2 Å². The Morgan fingerprint density at radius 1 is 1.19 bits per heavy atom. The largest absolute Gasteiger partial charge is 0.391 e. The number of aliphatic hydroxyl groups is 1. The summed E-state index contributed by atoms with van der Waals surface area (Å²) in [6.45, 7) is 3.77. The van der Waals surface area contributed by atoms with Gasteiger partial charge < -0.3 is 5.11 Å². The Balaban J connectivity index is 2.35. The van der Waals surface area contributed by atoms with E-state index in [9.17, 15) is 13.5 Å². The Labute approximate surface area is 129 Å². The lowest BCUT2D eigenvalue weighted by Gasteiger charge is -2.19. The number of hydrogen-bond donors (Lipinski definition) is 1. The van der Waals surface area contributed by atoms with Crippen LogP contribution in [0.25, 0.3) is 0 Å². The second-order valence-corrected chi connectivity index (χ2v) is 7.96. The third kappa shape index (κ3) is 3.18. The van der Waals surface area contributed by atoms with Gasteiger partial charge in [-0.1, -0.05) is 24.3 Å². The molecule has 0 aliphatic carbocycles. The van der Waals surface area contributed by atoms with Gasteiger partial charge in [-0.2, -0.15) is 4.31 Å². The van der Waals surface area contributed by atoms with Crippen LogP contribution in [0.2, 0.25) is 0 Å². The molecule has 4 nitrogen and oxygen atoms in total. The Bertz CT molecular complexity index is 735. The van der Waals surface area contributed by atoms with Crippen molar-refractivity contribution in [2.45, 2.75) is 31.9 Å². The normalized spacial score (nSPS) is 12.0. The fourth-order valence-electron chi connectivity index (χ4n) is 2.21. The molecule has 0 bridgehead atoms. The van der Waals surface area contributed by atoms with Gasteiger partial charge in [0.05, 0.1) is 11.5 Å². The molecule has 21 heavy (non-hydrogen) atoms. The Morgan fingerprint density at radius 3 is 2.48 bits per heavy atom. The summed E-state index contributed by atoms with van der Waals surface area (Å²) in [5.74, 6) is 0. The van der Waals surface area contributed by atoms with Crippen molar-refractivity contribution in [3.8, 4) is 0 Å². The fourth-order valence-corrected chi connectivity index (χ4v) is 4.96. The molecule has 1 aromatic heterocycles. The predicted molar refractivity (Wildman–Crippen MR) is 84.8 cm³/mol. The van der Waals surface area contributed by atoms with Crippen molar-refractivity contribution in [3.05, 3.63) is 51.2 Å². The molecule has 6 heteroatoms. The van der Waals surface area contributed by atoms with Crippen molar-refractivity contribution in [2.24, 2.45) is 0 Å². The molecule has 0 saturated carbocycles. The van der Waals surface area contributed by atoms with Crippen LogP contribution < -0.4 is 0 Å². The summed E-state index contributed by atoms with van der Waals surface area (Å²) in [5.41, 5.74) is 2.71. The Morgan fingerprint density at radius 2 is 1.86 bits per heavy atom. The minimum absolute atomic E-state index is 0.242. The van der Waals surface area contributed by atoms with Crippen molar-refractivity contribution in [2.75, 3.05) is 7.05 Å². The number of benzene rings is 1. The smallest absolute Gasteiger partial charge is 0.244 e. The molecule has 0 aliphatic rings. The molecule has 0 amide bonds. The molecular weight excluding hydrogens is 306 g/mol. The second-order valence-electron chi connectivity index (χ2n) is 5.02. The van der Waals surface area contributed by atoms with Crippen molar-refractivity contribution in [1.82, 2.24) is 4.31 Å². The quantitative estimate of drug-likeness (QED) is 0.919. The van der Waals surface area contributed by atoms with E-state index in [-0.39, 0.29) is 11.5 Å². The van der Waals surface area contributed by atoms with Crippen molar-refractivity contribution in [1.29, 1.82) is 0 Å². The third-order valence-corrected chi connectivity index (χ3v) is 6.71. The molecule has 0 radical (unpaired) electrons. The minimum Gasteiger partial charge on any atom is -0.391 e. The summed E-state index contributed by atoms with van der Waals surface area (Å²) in [5, 5.41) is 11.1. The van der Waals surface area contributed by atoms with Crippen molar-refractivity contribution >= 4 is 21.4 Å². The minimum atomic E-state index is -3.60. The zero-order chi connectivity index (χ0) is 15.6. The molecule has 2 aromatic rings. The number of hydrogen-bond acceptors (Lipinski definition) is 4. The summed E-state index contributed by atoms with van der Waals surface area (Å²) in [4.78, 5) is 0.732. The van der Waals surface area contributed by atoms with Gasteiger partial charge in [0, 0.05) is 13.6 Å². The summed E-state index contributed by atoms with van der Waals surface area (Å²) < 4.78 is 26.8. The third-order valence-electron chi connectivity index (χ3n) is 3.46. The number of sulfonamides is 1. The zero-order valence-electron chi connectivity index (χ0n) is 12.3. The molecule has 0 saturated heterocycles. The predicted octanol–water partition coefficient (Wildman–Crippen LogP) is 2.68. The lowest BCUT2D eigenvalue weighted by Crippen LogP contribution is -2.27. The number of aryl methyl sites for hydroxylation is 2. The van der Waals surface area contributed by atoms with E-state index in [1.807, 2.05) is 31.2 Å². The summed E-state index contributed by atoms with van der Waals surface area (Å²) in [6, 6.07) is 7.72. The van der Waals surface area contributed by atoms with Gasteiger partial charge in [-0.25, -0.2) is 8.42 Å². The van der Waals surface area contributed by atoms with Gasteiger partial charge in [0.2, 0.25) is 10.0 Å². The molecule has 0 spiro atoms. The van der Waals surface area contributed by atoms with Gasteiger partial charge in [-0.3, -0.25) is 0 Å². The first-order chi connectivity index (χ1) is 9.87. The van der Waals surface area contributed by atoms with Gasteiger partial charge in [0.1, 0.15) is 4.90 Å². The molecule has 1 heterocycles. The van der Waals surface area contributed by atoms with E-state index in [2.05, 4.69) is 0 Å². The van der Waals surface area contributed by atoms with Crippen LogP contribution in [0.3, 0.4) is 0 Å². The first-order valence-corrected chi connectivity index (χ1v) is 8.88. The van der Waals surface area contributed by atoms with E-state index in [1.54, 1.807) is 19.4 Å². The summed E-state index contributed by atoms with van der Waals surface area (Å²) in [7, 11) is -2.03. The Kier molecular flexibility index (Phi) is 4.83. The van der Waals surface area contributed by atoms with Crippen LogP contribution in [0, 0.1) is 13.8 Å². The lowest BCUT2D eigenvalue weighted by atomic mass is 10.1. The van der Waals surface area contributed by atoms with Gasteiger partial charge in [-0.15, -0.1) is 11.3 Å². The average molecular weight is 325 g/mol. The topological polar surface area (TPSA) is 57.6 Å². The van der Waals surface area contributed by atoms with E-state index >= 15 is 0 Å². The van der Waals surface area contributed by atoms with E-state index in [0.717, 1.165) is 11.1 Å². The molecule has 1 aromatic carbocycles. The fraction of sp³-hybridized carbons (Fsp3) is 0.333. The molecular formula is C15H19NO3S2. The van der Waals surface area contributed by atoms with Crippen LogP contribution >= 0.6 is 11.3 Å².